The molecule has 0 radical (unpaired) electrons. The van der Waals surface area contributed by atoms with Gasteiger partial charge in [0.15, 0.2) is 0 Å². The van der Waals surface area contributed by atoms with E-state index in [0.29, 0.717) is 0 Å². The molecule has 0 saturated heterocycles. The minimum absolute atomic E-state index is 0.0261. The lowest BCUT2D eigenvalue weighted by molar-refractivity contribution is -0.137. The van der Waals surface area contributed by atoms with Crippen LogP contribution in [0, 0.1) is 0 Å². The van der Waals surface area contributed by atoms with E-state index in [2.05, 4.69) is 9.53 Å². The van der Waals surface area contributed by atoms with E-state index in [4.69, 9.17) is 10.6 Å². The summed E-state index contributed by atoms with van der Waals surface area (Å²) in [5.41, 5.74) is 7.82. The number of phenols is 1. The van der Waals surface area contributed by atoms with Crippen molar-refractivity contribution in [3.8, 4) is 5.75 Å². The van der Waals surface area contributed by atoms with Crippen LogP contribution in [0.3, 0.4) is 0 Å². The SMILES string of the molecule is COC(=O)C(=[N+]=[N-])C(=O)c1cccc(O)c1. The Morgan fingerprint density at radius 2 is 2.12 bits per heavy atom. The molecule has 82 valence electrons. The van der Waals surface area contributed by atoms with Crippen LogP contribution in [0.2, 0.25) is 0 Å². The van der Waals surface area contributed by atoms with Gasteiger partial charge in [0.25, 0.3) is 5.78 Å². The van der Waals surface area contributed by atoms with Crippen molar-refractivity contribution in [2.75, 3.05) is 7.11 Å². The Bertz CT molecular complexity index is 489. The first-order valence-corrected chi connectivity index (χ1v) is 4.24. The number of carbonyl (C=O) groups excluding carboxylic acids is 2. The lowest BCUT2D eigenvalue weighted by Crippen LogP contribution is -2.26. The topological polar surface area (TPSA) is 100 Å². The first-order valence-electron chi connectivity index (χ1n) is 4.24. The largest absolute Gasteiger partial charge is 0.508 e. The first-order chi connectivity index (χ1) is 7.60. The second kappa shape index (κ2) is 4.86. The molecule has 0 amide bonds. The van der Waals surface area contributed by atoms with Crippen molar-refractivity contribution in [1.29, 1.82) is 0 Å². The number of hydrogen-bond acceptors (Lipinski definition) is 4. The number of hydrogen-bond donors (Lipinski definition) is 1. The number of methoxy groups -OCH3 is 1. The van der Waals surface area contributed by atoms with E-state index in [-0.39, 0.29) is 11.3 Å². The maximum absolute atomic E-state index is 11.6. The normalized spacial score (nSPS) is 9.06. The summed E-state index contributed by atoms with van der Waals surface area (Å²) >= 11 is 0. The molecule has 0 unspecified atom stereocenters. The molecule has 0 aliphatic rings. The van der Waals surface area contributed by atoms with Gasteiger partial charge in [0.05, 0.1) is 7.11 Å². The van der Waals surface area contributed by atoms with E-state index in [0.717, 1.165) is 13.2 Å². The number of nitrogens with zero attached hydrogens (tertiary/aromatic N) is 2. The summed E-state index contributed by atoms with van der Waals surface area (Å²) in [5.74, 6) is -2.01. The molecule has 0 saturated carbocycles. The molecule has 0 bridgehead atoms. The van der Waals surface area contributed by atoms with E-state index in [9.17, 15) is 9.59 Å². The van der Waals surface area contributed by atoms with E-state index < -0.39 is 17.5 Å². The summed E-state index contributed by atoms with van der Waals surface area (Å²) in [6, 6.07) is 5.31. The highest BCUT2D eigenvalue weighted by Crippen LogP contribution is 2.11. The molecule has 0 atom stereocenters. The number of ketones is 1. The third kappa shape index (κ3) is 2.31. The molecule has 0 aromatic heterocycles. The van der Waals surface area contributed by atoms with Gasteiger partial charge in [-0.05, 0) is 12.1 Å². The zero-order chi connectivity index (χ0) is 12.1. The fourth-order valence-electron chi connectivity index (χ4n) is 1.06. The van der Waals surface area contributed by atoms with Crippen LogP contribution in [0.25, 0.3) is 5.53 Å². The van der Waals surface area contributed by atoms with Crippen molar-refractivity contribution in [1.82, 2.24) is 0 Å². The van der Waals surface area contributed by atoms with Crippen molar-refractivity contribution < 1.29 is 24.2 Å². The van der Waals surface area contributed by atoms with Crippen LogP contribution in [-0.4, -0.2) is 34.5 Å². The maximum atomic E-state index is 11.6. The maximum Gasteiger partial charge on any atom is 0.446 e. The average molecular weight is 220 g/mol. The van der Waals surface area contributed by atoms with Crippen LogP contribution >= 0.6 is 0 Å². The second-order valence-electron chi connectivity index (χ2n) is 2.82. The molecular weight excluding hydrogens is 212 g/mol. The summed E-state index contributed by atoms with van der Waals surface area (Å²) in [5, 5.41) is 9.14. The van der Waals surface area contributed by atoms with Crippen molar-refractivity contribution in [2.45, 2.75) is 0 Å². The summed E-state index contributed by atoms with van der Waals surface area (Å²) in [7, 11) is 1.06. The molecule has 0 aliphatic carbocycles. The highest BCUT2D eigenvalue weighted by Gasteiger charge is 2.31. The van der Waals surface area contributed by atoms with Crippen LogP contribution in [0.1, 0.15) is 10.4 Å². The summed E-state index contributed by atoms with van der Waals surface area (Å²) < 4.78 is 4.26. The van der Waals surface area contributed by atoms with Crippen LogP contribution < -0.4 is 0 Å². The molecule has 1 aromatic rings. The molecule has 0 heterocycles. The van der Waals surface area contributed by atoms with Crippen molar-refractivity contribution in [2.24, 2.45) is 0 Å². The van der Waals surface area contributed by atoms with Crippen molar-refractivity contribution in [3.05, 3.63) is 35.4 Å². The van der Waals surface area contributed by atoms with E-state index in [1.165, 1.54) is 18.2 Å². The molecule has 6 heteroatoms. The Labute approximate surface area is 90.7 Å². The van der Waals surface area contributed by atoms with Gasteiger partial charge in [-0.1, -0.05) is 12.1 Å². The van der Waals surface area contributed by atoms with Crippen LogP contribution in [0.4, 0.5) is 0 Å². The zero-order valence-corrected chi connectivity index (χ0v) is 8.38. The molecule has 0 spiro atoms. The van der Waals surface area contributed by atoms with Crippen LogP contribution in [-0.2, 0) is 9.53 Å². The number of rotatable bonds is 3. The number of Topliss-reactive ketones (excluding diaryl/α,β-unsaturated/α-hetero) is 1. The molecule has 1 aromatic carbocycles. The average Bonchev–Trinajstić information content (AvgIpc) is 2.29. The van der Waals surface area contributed by atoms with E-state index in [1.807, 2.05) is 0 Å². The van der Waals surface area contributed by atoms with Gasteiger partial charge < -0.3 is 15.4 Å². The highest BCUT2D eigenvalue weighted by atomic mass is 16.5. The minimum atomic E-state index is -1.05. The van der Waals surface area contributed by atoms with Gasteiger partial charge in [-0.15, -0.1) is 0 Å². The molecule has 0 fully saturated rings. The third-order valence-corrected chi connectivity index (χ3v) is 1.80. The van der Waals surface area contributed by atoms with Gasteiger partial charge in [0, 0.05) is 5.56 Å². The highest BCUT2D eigenvalue weighted by molar-refractivity contribution is 6.65. The molecule has 6 nitrogen and oxygen atoms in total. The van der Waals surface area contributed by atoms with E-state index >= 15 is 0 Å². The summed E-state index contributed by atoms with van der Waals surface area (Å²) in [6.45, 7) is 0. The molecule has 1 N–H and O–H groups in total. The number of ether oxygens (including phenoxy) is 1. The molecule has 1 rings (SSSR count). The van der Waals surface area contributed by atoms with Crippen LogP contribution in [0.5, 0.6) is 5.75 Å². The minimum Gasteiger partial charge on any atom is -0.508 e. The van der Waals surface area contributed by atoms with E-state index in [1.54, 1.807) is 0 Å². The monoisotopic (exact) mass is 220 g/mol. The Kier molecular flexibility index (Phi) is 3.53. The van der Waals surface area contributed by atoms with Crippen molar-refractivity contribution >= 4 is 17.5 Å². The summed E-state index contributed by atoms with van der Waals surface area (Å²) in [4.78, 5) is 25.2. The lowest BCUT2D eigenvalue weighted by Gasteiger charge is -1.97. The number of benzene rings is 1. The first kappa shape index (κ1) is 11.6. The molecule has 0 aliphatic heterocycles. The summed E-state index contributed by atoms with van der Waals surface area (Å²) in [6.07, 6.45) is 0. The fourth-order valence-corrected chi connectivity index (χ4v) is 1.06. The zero-order valence-electron chi connectivity index (χ0n) is 8.38. The standard InChI is InChI=1S/C10H8N2O4/c1-16-10(15)8(12-11)9(14)6-3-2-4-7(13)5-6/h2-5,13H,1H3. The predicted molar refractivity (Wildman–Crippen MR) is 53.1 cm³/mol. The van der Waals surface area contributed by atoms with Gasteiger partial charge in [-0.3, -0.25) is 4.79 Å². The van der Waals surface area contributed by atoms with Crippen LogP contribution in [0.15, 0.2) is 24.3 Å². The number of esters is 1. The van der Waals surface area contributed by atoms with Gasteiger partial charge >= 0.3 is 11.7 Å². The quantitative estimate of drug-likeness (QED) is 0.199. The second-order valence-corrected chi connectivity index (χ2v) is 2.82. The molecular formula is C10H8N2O4. The lowest BCUT2D eigenvalue weighted by atomic mass is 10.1. The Balaban J connectivity index is 3.11. The molecule has 16 heavy (non-hydrogen) atoms. The number of aromatic hydroxyl groups is 1. The fraction of sp³-hybridized carbons (Fsp3) is 0.100. The Morgan fingerprint density at radius 3 is 2.62 bits per heavy atom. The number of carbonyl (C=O) groups is 2. The predicted octanol–water partition coefficient (Wildman–Crippen LogP) is 0.419. The van der Waals surface area contributed by atoms with Crippen molar-refractivity contribution in [3.63, 3.8) is 0 Å². The van der Waals surface area contributed by atoms with Gasteiger partial charge in [-0.2, -0.15) is 4.79 Å². The van der Waals surface area contributed by atoms with Gasteiger partial charge in [0.2, 0.25) is 0 Å². The third-order valence-electron chi connectivity index (χ3n) is 1.80. The Hall–Kier alpha value is -2.46. The Morgan fingerprint density at radius 1 is 1.44 bits per heavy atom. The van der Waals surface area contributed by atoms with Gasteiger partial charge in [-0.25, -0.2) is 4.79 Å². The smallest absolute Gasteiger partial charge is 0.446 e. The van der Waals surface area contributed by atoms with Gasteiger partial charge in [0.1, 0.15) is 5.75 Å². The number of phenolic OH excluding ortho intramolecular Hbond substituents is 1.